The van der Waals surface area contributed by atoms with Crippen LogP contribution in [0.2, 0.25) is 0 Å². The smallest absolute Gasteiger partial charge is 0.262 e. The number of para-hydroxylation sites is 2. The van der Waals surface area contributed by atoms with Crippen molar-refractivity contribution >= 4 is 50.3 Å². The van der Waals surface area contributed by atoms with Gasteiger partial charge in [-0.25, -0.2) is 4.99 Å². The van der Waals surface area contributed by atoms with Crippen LogP contribution in [0.25, 0.3) is 16.7 Å². The number of aromatic nitrogens is 4. The van der Waals surface area contributed by atoms with Crippen LogP contribution in [0.3, 0.4) is 0 Å². The van der Waals surface area contributed by atoms with Crippen molar-refractivity contribution in [2.45, 2.75) is 11.5 Å². The number of benzene rings is 2. The van der Waals surface area contributed by atoms with Gasteiger partial charge in [0, 0.05) is 12.8 Å². The van der Waals surface area contributed by atoms with Crippen molar-refractivity contribution in [3.8, 4) is 0 Å². The van der Waals surface area contributed by atoms with Gasteiger partial charge in [-0.05, 0) is 23.8 Å². The zero-order chi connectivity index (χ0) is 18.4. The van der Waals surface area contributed by atoms with Crippen molar-refractivity contribution in [1.29, 1.82) is 0 Å². The largest absolute Gasteiger partial charge is 0.279 e. The molecule has 1 aliphatic rings. The van der Waals surface area contributed by atoms with Crippen LogP contribution in [0, 0.1) is 0 Å². The fourth-order valence-corrected chi connectivity index (χ4v) is 5.17. The third-order valence-corrected chi connectivity index (χ3v) is 6.81. The number of fused-ring (bicyclic) bond motifs is 4. The highest BCUT2D eigenvalue weighted by atomic mass is 32.2. The van der Waals surface area contributed by atoms with E-state index in [0.717, 1.165) is 27.2 Å². The van der Waals surface area contributed by atoms with E-state index < -0.39 is 0 Å². The van der Waals surface area contributed by atoms with Gasteiger partial charge in [0.05, 0.1) is 22.3 Å². The van der Waals surface area contributed by atoms with Gasteiger partial charge in [0.25, 0.3) is 5.56 Å². The van der Waals surface area contributed by atoms with E-state index in [1.807, 2.05) is 46.9 Å². The Morgan fingerprint density at radius 1 is 1.11 bits per heavy atom. The molecule has 4 aromatic rings. The lowest BCUT2D eigenvalue weighted by molar-refractivity contribution is 0.858. The third-order valence-electron chi connectivity index (χ3n) is 4.57. The van der Waals surface area contributed by atoms with Crippen molar-refractivity contribution in [3.05, 3.63) is 70.3 Å². The van der Waals surface area contributed by atoms with Crippen LogP contribution in [-0.2, 0) is 18.6 Å². The second-order valence-corrected chi connectivity index (χ2v) is 8.40. The van der Waals surface area contributed by atoms with Crippen molar-refractivity contribution in [2.24, 2.45) is 12.0 Å². The molecule has 0 unspecified atom stereocenters. The van der Waals surface area contributed by atoms with Crippen LogP contribution in [-0.4, -0.2) is 23.5 Å². The zero-order valence-electron chi connectivity index (χ0n) is 14.5. The molecule has 134 valence electrons. The van der Waals surface area contributed by atoms with Crippen molar-refractivity contribution in [2.75, 3.05) is 0 Å². The molecule has 2 aromatic carbocycles. The standard InChI is InChI=1S/C19H15N5OS2/c1-23-17(25)13-7-3-5-9-15(13)24-16(21-22-18(23)24)11-27-19-20-14-8-4-2-6-12(14)10-26-19/h2-9H,10-11H2,1H3. The third kappa shape index (κ3) is 2.76. The Morgan fingerprint density at radius 2 is 1.93 bits per heavy atom. The summed E-state index contributed by atoms with van der Waals surface area (Å²) in [6.45, 7) is 0. The lowest BCUT2D eigenvalue weighted by atomic mass is 10.2. The van der Waals surface area contributed by atoms with Gasteiger partial charge in [0.2, 0.25) is 5.78 Å². The molecule has 0 aliphatic carbocycles. The van der Waals surface area contributed by atoms with E-state index in [-0.39, 0.29) is 5.56 Å². The summed E-state index contributed by atoms with van der Waals surface area (Å²) in [6.07, 6.45) is 0. The van der Waals surface area contributed by atoms with Gasteiger partial charge < -0.3 is 0 Å². The van der Waals surface area contributed by atoms with Crippen LogP contribution in [0.15, 0.2) is 58.3 Å². The number of nitrogens with zero attached hydrogens (tertiary/aromatic N) is 5. The molecule has 0 atom stereocenters. The Balaban J connectivity index is 1.54. The molecule has 27 heavy (non-hydrogen) atoms. The first-order chi connectivity index (χ1) is 13.2. The predicted molar refractivity (Wildman–Crippen MR) is 112 cm³/mol. The van der Waals surface area contributed by atoms with Crippen molar-refractivity contribution in [1.82, 2.24) is 19.2 Å². The maximum absolute atomic E-state index is 12.5. The average molecular weight is 393 g/mol. The molecule has 0 spiro atoms. The minimum atomic E-state index is -0.0616. The fourth-order valence-electron chi connectivity index (χ4n) is 3.20. The molecule has 2 aromatic heterocycles. The van der Waals surface area contributed by atoms with Crippen LogP contribution in [0.4, 0.5) is 5.69 Å². The Bertz CT molecular complexity index is 1270. The van der Waals surface area contributed by atoms with Gasteiger partial charge in [0.15, 0.2) is 0 Å². The maximum Gasteiger partial charge on any atom is 0.262 e. The maximum atomic E-state index is 12.5. The SMILES string of the molecule is Cn1c(=O)c2ccccc2n2c(CSC3=Nc4ccccc4CS3)nnc12. The molecule has 0 radical (unpaired) electrons. The average Bonchev–Trinajstić information content (AvgIpc) is 3.14. The molecule has 6 nitrogen and oxygen atoms in total. The van der Waals surface area contributed by atoms with E-state index in [1.165, 1.54) is 5.56 Å². The molecule has 5 rings (SSSR count). The van der Waals surface area contributed by atoms with Gasteiger partial charge in [-0.3, -0.25) is 13.8 Å². The lowest BCUT2D eigenvalue weighted by Crippen LogP contribution is -2.20. The molecule has 0 amide bonds. The molecule has 0 fully saturated rings. The fraction of sp³-hybridized carbons (Fsp3) is 0.158. The Morgan fingerprint density at radius 3 is 2.85 bits per heavy atom. The van der Waals surface area contributed by atoms with Gasteiger partial charge in [-0.1, -0.05) is 53.9 Å². The van der Waals surface area contributed by atoms with E-state index in [0.29, 0.717) is 16.9 Å². The lowest BCUT2D eigenvalue weighted by Gasteiger charge is -2.14. The van der Waals surface area contributed by atoms with Crippen LogP contribution < -0.4 is 5.56 Å². The van der Waals surface area contributed by atoms with Crippen LogP contribution in [0.5, 0.6) is 0 Å². The molecule has 0 saturated carbocycles. The van der Waals surface area contributed by atoms with Gasteiger partial charge in [-0.2, -0.15) is 0 Å². The first-order valence-corrected chi connectivity index (χ1v) is 10.4. The molecule has 0 saturated heterocycles. The summed E-state index contributed by atoms with van der Waals surface area (Å²) >= 11 is 3.40. The summed E-state index contributed by atoms with van der Waals surface area (Å²) in [5.41, 5.74) is 3.08. The first kappa shape index (κ1) is 16.6. The van der Waals surface area contributed by atoms with E-state index in [2.05, 4.69) is 16.3 Å². The Labute approximate surface area is 163 Å². The van der Waals surface area contributed by atoms with Crippen LogP contribution >= 0.6 is 23.5 Å². The molecule has 0 N–H and O–H groups in total. The number of hydrogen-bond donors (Lipinski definition) is 0. The molecule has 3 heterocycles. The number of hydrogen-bond acceptors (Lipinski definition) is 6. The molecule has 1 aliphatic heterocycles. The van der Waals surface area contributed by atoms with E-state index in [4.69, 9.17) is 4.99 Å². The second kappa shape index (κ2) is 6.54. The number of rotatable bonds is 2. The molecule has 8 heteroatoms. The monoisotopic (exact) mass is 393 g/mol. The number of aryl methyl sites for hydroxylation is 1. The highest BCUT2D eigenvalue weighted by molar-refractivity contribution is 8.38. The number of thioether (sulfide) groups is 2. The number of aliphatic imine (C=N–C) groups is 1. The van der Waals surface area contributed by atoms with E-state index in [9.17, 15) is 4.79 Å². The predicted octanol–water partition coefficient (Wildman–Crippen LogP) is 3.75. The summed E-state index contributed by atoms with van der Waals surface area (Å²) in [4.78, 5) is 17.3. The first-order valence-electron chi connectivity index (χ1n) is 8.46. The minimum Gasteiger partial charge on any atom is -0.279 e. The van der Waals surface area contributed by atoms with Crippen molar-refractivity contribution in [3.63, 3.8) is 0 Å². The highest BCUT2D eigenvalue weighted by Crippen LogP contribution is 2.35. The summed E-state index contributed by atoms with van der Waals surface area (Å²) in [7, 11) is 1.73. The van der Waals surface area contributed by atoms with Crippen molar-refractivity contribution < 1.29 is 0 Å². The molecular weight excluding hydrogens is 378 g/mol. The van der Waals surface area contributed by atoms with Crippen LogP contribution in [0.1, 0.15) is 11.4 Å². The zero-order valence-corrected chi connectivity index (χ0v) is 16.1. The van der Waals surface area contributed by atoms with Gasteiger partial charge >= 0.3 is 0 Å². The summed E-state index contributed by atoms with van der Waals surface area (Å²) in [6, 6.07) is 15.8. The van der Waals surface area contributed by atoms with Gasteiger partial charge in [-0.15, -0.1) is 10.2 Å². The Hall–Kier alpha value is -2.58. The molecular formula is C19H15N5OS2. The minimum absolute atomic E-state index is 0.0616. The topological polar surface area (TPSA) is 64.5 Å². The Kier molecular flexibility index (Phi) is 4.02. The highest BCUT2D eigenvalue weighted by Gasteiger charge is 2.17. The molecule has 0 bridgehead atoms. The van der Waals surface area contributed by atoms with E-state index in [1.54, 1.807) is 35.1 Å². The summed E-state index contributed by atoms with van der Waals surface area (Å²) < 4.78 is 4.54. The quantitative estimate of drug-likeness (QED) is 0.519. The van der Waals surface area contributed by atoms with Gasteiger partial charge in [0.1, 0.15) is 10.2 Å². The van der Waals surface area contributed by atoms with E-state index >= 15 is 0 Å². The summed E-state index contributed by atoms with van der Waals surface area (Å²) in [5.74, 6) is 2.93. The normalized spacial score (nSPS) is 13.7. The second-order valence-electron chi connectivity index (χ2n) is 6.22. The summed E-state index contributed by atoms with van der Waals surface area (Å²) in [5, 5.41) is 9.25.